The van der Waals surface area contributed by atoms with Gasteiger partial charge in [0.25, 0.3) is 0 Å². The molecule has 0 unspecified atom stereocenters. The monoisotopic (exact) mass is 297 g/mol. The lowest BCUT2D eigenvalue weighted by Crippen LogP contribution is -2.34. The standard InChI is InChI=1S/C14H19NO6/c1-8-10(13(17)20-4)6-11(14(18)21-5)9(2)15(8)7-12(16)19-3/h6-7H2,1-5H3. The van der Waals surface area contributed by atoms with Crippen LogP contribution >= 0.6 is 0 Å². The van der Waals surface area contributed by atoms with Gasteiger partial charge in [0, 0.05) is 17.8 Å². The smallest absolute Gasteiger partial charge is 0.335 e. The van der Waals surface area contributed by atoms with Gasteiger partial charge in [0.05, 0.1) is 32.5 Å². The van der Waals surface area contributed by atoms with Crippen molar-refractivity contribution in [1.29, 1.82) is 0 Å². The molecule has 0 N–H and O–H groups in total. The minimum atomic E-state index is -0.545. The Morgan fingerprint density at radius 3 is 1.67 bits per heavy atom. The number of rotatable bonds is 4. The molecule has 0 aromatic heterocycles. The Balaban J connectivity index is 3.28. The average molecular weight is 297 g/mol. The second kappa shape index (κ2) is 6.92. The van der Waals surface area contributed by atoms with Crippen molar-refractivity contribution in [2.45, 2.75) is 20.3 Å². The molecule has 0 saturated heterocycles. The van der Waals surface area contributed by atoms with Crippen LogP contribution in [0.5, 0.6) is 0 Å². The van der Waals surface area contributed by atoms with E-state index < -0.39 is 17.9 Å². The van der Waals surface area contributed by atoms with Crippen LogP contribution in [-0.4, -0.2) is 50.7 Å². The molecule has 116 valence electrons. The molecule has 1 aliphatic heterocycles. The molecule has 0 aromatic rings. The molecule has 21 heavy (non-hydrogen) atoms. The third kappa shape index (κ3) is 3.42. The van der Waals surface area contributed by atoms with Crippen molar-refractivity contribution in [1.82, 2.24) is 4.90 Å². The maximum atomic E-state index is 11.8. The van der Waals surface area contributed by atoms with Gasteiger partial charge in [-0.25, -0.2) is 9.59 Å². The zero-order valence-corrected chi connectivity index (χ0v) is 12.8. The topological polar surface area (TPSA) is 82.1 Å². The summed E-state index contributed by atoms with van der Waals surface area (Å²) in [4.78, 5) is 36.8. The second-order valence-electron chi connectivity index (χ2n) is 4.45. The van der Waals surface area contributed by atoms with E-state index in [4.69, 9.17) is 9.47 Å². The molecule has 0 spiro atoms. The quantitative estimate of drug-likeness (QED) is 0.559. The fourth-order valence-electron chi connectivity index (χ4n) is 2.13. The molecule has 0 aliphatic carbocycles. The summed E-state index contributed by atoms with van der Waals surface area (Å²) in [6.07, 6.45) is 0.106. The molecule has 7 heteroatoms. The van der Waals surface area contributed by atoms with Crippen molar-refractivity contribution in [2.24, 2.45) is 0 Å². The van der Waals surface area contributed by atoms with Gasteiger partial charge in [-0.3, -0.25) is 4.79 Å². The van der Waals surface area contributed by atoms with E-state index in [9.17, 15) is 14.4 Å². The van der Waals surface area contributed by atoms with E-state index in [1.54, 1.807) is 18.7 Å². The van der Waals surface area contributed by atoms with Crippen LogP contribution in [-0.2, 0) is 28.6 Å². The van der Waals surface area contributed by atoms with Crippen LogP contribution < -0.4 is 0 Å². The number of ether oxygens (including phenoxy) is 3. The minimum absolute atomic E-state index is 0.102. The largest absolute Gasteiger partial charge is 0.468 e. The Bertz CT molecular complexity index is 494. The van der Waals surface area contributed by atoms with Crippen molar-refractivity contribution in [2.75, 3.05) is 27.9 Å². The van der Waals surface area contributed by atoms with Crippen LogP contribution in [0.1, 0.15) is 20.3 Å². The molecule has 7 nitrogen and oxygen atoms in total. The van der Waals surface area contributed by atoms with Gasteiger partial charge < -0.3 is 19.1 Å². The highest BCUT2D eigenvalue weighted by Gasteiger charge is 2.31. The van der Waals surface area contributed by atoms with Gasteiger partial charge in [0.2, 0.25) is 0 Å². The van der Waals surface area contributed by atoms with Crippen LogP contribution in [0.25, 0.3) is 0 Å². The van der Waals surface area contributed by atoms with E-state index in [1.165, 1.54) is 21.3 Å². The van der Waals surface area contributed by atoms with Crippen molar-refractivity contribution < 1.29 is 28.6 Å². The first-order chi connectivity index (χ1) is 9.87. The first-order valence-corrected chi connectivity index (χ1v) is 6.27. The van der Waals surface area contributed by atoms with Crippen molar-refractivity contribution in [3.05, 3.63) is 22.5 Å². The van der Waals surface area contributed by atoms with Gasteiger partial charge in [0.1, 0.15) is 6.54 Å². The number of carbonyl (C=O) groups is 3. The Labute approximate surface area is 123 Å². The molecule has 0 bridgehead atoms. The molecule has 1 aliphatic rings. The number of carbonyl (C=O) groups excluding carboxylic acids is 3. The number of methoxy groups -OCH3 is 3. The van der Waals surface area contributed by atoms with Gasteiger partial charge in [-0.1, -0.05) is 0 Å². The number of hydrogen-bond acceptors (Lipinski definition) is 7. The number of hydrogen-bond donors (Lipinski definition) is 0. The van der Waals surface area contributed by atoms with Crippen LogP contribution in [0.3, 0.4) is 0 Å². The van der Waals surface area contributed by atoms with E-state index >= 15 is 0 Å². The molecular weight excluding hydrogens is 278 g/mol. The van der Waals surface area contributed by atoms with Crippen molar-refractivity contribution in [3.8, 4) is 0 Å². The fraction of sp³-hybridized carbons (Fsp3) is 0.500. The number of nitrogens with zero attached hydrogens (tertiary/aromatic N) is 1. The van der Waals surface area contributed by atoms with Crippen molar-refractivity contribution >= 4 is 17.9 Å². The molecule has 1 heterocycles. The van der Waals surface area contributed by atoms with Crippen LogP contribution in [0.2, 0.25) is 0 Å². The Kier molecular flexibility index (Phi) is 5.52. The predicted octanol–water partition coefficient (Wildman–Crippen LogP) is 0.759. The summed E-state index contributed by atoms with van der Waals surface area (Å²) in [6, 6.07) is 0. The number of allylic oxidation sites excluding steroid dienone is 2. The summed E-state index contributed by atoms with van der Waals surface area (Å²) < 4.78 is 14.1. The maximum absolute atomic E-state index is 11.8. The zero-order valence-electron chi connectivity index (χ0n) is 12.8. The van der Waals surface area contributed by atoms with Crippen LogP contribution in [0.4, 0.5) is 0 Å². The highest BCUT2D eigenvalue weighted by Crippen LogP contribution is 2.31. The van der Waals surface area contributed by atoms with E-state index in [-0.39, 0.29) is 13.0 Å². The van der Waals surface area contributed by atoms with E-state index in [1.807, 2.05) is 0 Å². The molecule has 0 atom stereocenters. The SMILES string of the molecule is COC(=O)CN1C(C)=C(C(=O)OC)CC(C(=O)OC)=C1C. The Morgan fingerprint density at radius 2 is 1.33 bits per heavy atom. The molecule has 0 saturated carbocycles. The minimum Gasteiger partial charge on any atom is -0.468 e. The van der Waals surface area contributed by atoms with Crippen molar-refractivity contribution in [3.63, 3.8) is 0 Å². The van der Waals surface area contributed by atoms with Crippen LogP contribution in [0.15, 0.2) is 22.5 Å². The lowest BCUT2D eigenvalue weighted by atomic mass is 9.96. The lowest BCUT2D eigenvalue weighted by molar-refractivity contribution is -0.142. The van der Waals surface area contributed by atoms with Gasteiger partial charge in [-0.15, -0.1) is 0 Å². The summed E-state index contributed by atoms with van der Waals surface area (Å²) in [5.74, 6) is -1.57. The molecule has 0 amide bonds. The number of esters is 3. The van der Waals surface area contributed by atoms with Gasteiger partial charge in [0.15, 0.2) is 0 Å². The Morgan fingerprint density at radius 1 is 0.905 bits per heavy atom. The third-order valence-electron chi connectivity index (χ3n) is 3.42. The molecule has 0 fully saturated rings. The van der Waals surface area contributed by atoms with E-state index in [2.05, 4.69) is 4.74 Å². The molecular formula is C14H19NO6. The normalized spacial score (nSPS) is 15.0. The highest BCUT2D eigenvalue weighted by atomic mass is 16.5. The summed E-state index contributed by atoms with van der Waals surface area (Å²) in [7, 11) is 3.79. The van der Waals surface area contributed by atoms with Gasteiger partial charge >= 0.3 is 17.9 Å². The first-order valence-electron chi connectivity index (χ1n) is 6.27. The predicted molar refractivity (Wildman–Crippen MR) is 72.8 cm³/mol. The van der Waals surface area contributed by atoms with Gasteiger partial charge in [-0.05, 0) is 13.8 Å². The average Bonchev–Trinajstić information content (AvgIpc) is 2.49. The van der Waals surface area contributed by atoms with Gasteiger partial charge in [-0.2, -0.15) is 0 Å². The summed E-state index contributed by atoms with van der Waals surface area (Å²) in [6.45, 7) is 3.27. The summed E-state index contributed by atoms with van der Waals surface area (Å²) in [5, 5.41) is 0. The molecule has 1 rings (SSSR count). The molecule has 0 aromatic carbocycles. The Hall–Kier alpha value is -2.31. The maximum Gasteiger partial charge on any atom is 0.335 e. The zero-order chi connectivity index (χ0) is 16.2. The lowest BCUT2D eigenvalue weighted by Gasteiger charge is -2.32. The van der Waals surface area contributed by atoms with Crippen LogP contribution in [0, 0.1) is 0 Å². The first kappa shape index (κ1) is 16.7. The third-order valence-corrected chi connectivity index (χ3v) is 3.42. The molecule has 0 radical (unpaired) electrons. The van der Waals surface area contributed by atoms with E-state index in [0.29, 0.717) is 22.5 Å². The highest BCUT2D eigenvalue weighted by molar-refractivity contribution is 5.96. The fourth-order valence-corrected chi connectivity index (χ4v) is 2.13. The summed E-state index contributed by atoms with van der Waals surface area (Å²) >= 11 is 0. The van der Waals surface area contributed by atoms with E-state index in [0.717, 1.165) is 0 Å². The summed E-state index contributed by atoms with van der Waals surface area (Å²) in [5.41, 5.74) is 1.73. The second-order valence-corrected chi connectivity index (χ2v) is 4.45.